The van der Waals surface area contributed by atoms with Crippen LogP contribution in [0.2, 0.25) is 0 Å². The van der Waals surface area contributed by atoms with E-state index in [-0.39, 0.29) is 0 Å². The van der Waals surface area contributed by atoms with E-state index in [0.717, 1.165) is 19.1 Å². The maximum absolute atomic E-state index is 5.93. The first kappa shape index (κ1) is 12.4. The average molecular weight is 237 g/mol. The summed E-state index contributed by atoms with van der Waals surface area (Å²) >= 11 is 0. The van der Waals surface area contributed by atoms with E-state index in [9.17, 15) is 0 Å². The molecule has 1 heterocycles. The molecule has 0 aliphatic heterocycles. The molecule has 4 heteroatoms. The Kier molecular flexibility index (Phi) is 4.42. The smallest absolute Gasteiger partial charge is 0.145 e. The first-order chi connectivity index (χ1) is 8.28. The van der Waals surface area contributed by atoms with Crippen molar-refractivity contribution in [1.29, 1.82) is 0 Å². The van der Waals surface area contributed by atoms with Gasteiger partial charge < -0.3 is 10.5 Å². The Bertz CT molecular complexity index is 337. The van der Waals surface area contributed by atoms with Crippen molar-refractivity contribution in [3.63, 3.8) is 0 Å². The molecule has 1 aromatic rings. The average Bonchev–Trinajstić information content (AvgIpc) is 2.75. The van der Waals surface area contributed by atoms with Crippen molar-refractivity contribution >= 4 is 5.82 Å². The summed E-state index contributed by atoms with van der Waals surface area (Å²) in [5.41, 5.74) is 5.56. The third-order valence-electron chi connectivity index (χ3n) is 3.65. The number of aromatic nitrogens is 2. The van der Waals surface area contributed by atoms with Crippen LogP contribution in [-0.2, 0) is 11.3 Å². The Morgan fingerprint density at radius 1 is 1.53 bits per heavy atom. The predicted molar refractivity (Wildman–Crippen MR) is 68.6 cm³/mol. The minimum absolute atomic E-state index is 0.460. The molecule has 2 unspecified atom stereocenters. The molecule has 2 rings (SSSR count). The monoisotopic (exact) mass is 237 g/mol. The zero-order valence-electron chi connectivity index (χ0n) is 10.6. The number of ether oxygens (including phenoxy) is 1. The number of rotatable bonds is 5. The standard InChI is InChI=1S/C13H23N3O/c1-2-11-4-3-5-12(10-11)17-9-8-16-7-6-13(14)15-16/h6-7,11-12H,2-5,8-10H2,1H3,(H2,14,15). The predicted octanol–water partition coefficient (Wildman–Crippen LogP) is 2.45. The maximum atomic E-state index is 5.93. The second-order valence-electron chi connectivity index (χ2n) is 4.94. The van der Waals surface area contributed by atoms with Crippen molar-refractivity contribution in [3.05, 3.63) is 12.3 Å². The quantitative estimate of drug-likeness (QED) is 0.855. The molecule has 0 amide bonds. The van der Waals surface area contributed by atoms with Crippen molar-refractivity contribution in [1.82, 2.24) is 9.78 Å². The molecular weight excluding hydrogens is 214 g/mol. The molecule has 1 saturated carbocycles. The summed E-state index contributed by atoms with van der Waals surface area (Å²) in [6, 6.07) is 1.81. The van der Waals surface area contributed by atoms with Gasteiger partial charge in [0.1, 0.15) is 5.82 Å². The van der Waals surface area contributed by atoms with Crippen LogP contribution >= 0.6 is 0 Å². The highest BCUT2D eigenvalue weighted by Gasteiger charge is 2.20. The molecule has 96 valence electrons. The largest absolute Gasteiger partial charge is 0.382 e. The SMILES string of the molecule is CCC1CCCC(OCCn2ccc(N)n2)C1. The molecule has 0 saturated heterocycles. The van der Waals surface area contributed by atoms with Crippen molar-refractivity contribution in [2.45, 2.75) is 51.7 Å². The molecule has 0 spiro atoms. The van der Waals surface area contributed by atoms with Crippen LogP contribution < -0.4 is 5.73 Å². The molecule has 2 atom stereocenters. The topological polar surface area (TPSA) is 53.1 Å². The lowest BCUT2D eigenvalue weighted by molar-refractivity contribution is 0.00771. The van der Waals surface area contributed by atoms with Gasteiger partial charge in [-0.05, 0) is 24.8 Å². The van der Waals surface area contributed by atoms with Crippen molar-refractivity contribution in [2.24, 2.45) is 5.92 Å². The summed E-state index contributed by atoms with van der Waals surface area (Å²) < 4.78 is 7.77. The molecule has 1 aliphatic carbocycles. The van der Waals surface area contributed by atoms with Gasteiger partial charge in [0.2, 0.25) is 0 Å². The Balaban J connectivity index is 1.68. The minimum Gasteiger partial charge on any atom is -0.382 e. The van der Waals surface area contributed by atoms with Crippen molar-refractivity contribution in [2.75, 3.05) is 12.3 Å². The van der Waals surface area contributed by atoms with Crippen LogP contribution in [0.3, 0.4) is 0 Å². The van der Waals surface area contributed by atoms with E-state index in [1.165, 1.54) is 32.1 Å². The Hall–Kier alpha value is -1.03. The van der Waals surface area contributed by atoms with E-state index in [1.54, 1.807) is 0 Å². The lowest BCUT2D eigenvalue weighted by Crippen LogP contribution is -2.24. The van der Waals surface area contributed by atoms with Crippen LogP contribution in [0.4, 0.5) is 5.82 Å². The van der Waals surface area contributed by atoms with Crippen molar-refractivity contribution < 1.29 is 4.74 Å². The number of anilines is 1. The third kappa shape index (κ3) is 3.73. The zero-order chi connectivity index (χ0) is 12.1. The minimum atomic E-state index is 0.460. The van der Waals surface area contributed by atoms with Crippen LogP contribution in [-0.4, -0.2) is 22.5 Å². The van der Waals surface area contributed by atoms with Gasteiger partial charge in [-0.1, -0.05) is 26.2 Å². The Morgan fingerprint density at radius 3 is 3.12 bits per heavy atom. The van der Waals surface area contributed by atoms with E-state index in [1.807, 2.05) is 16.9 Å². The van der Waals surface area contributed by atoms with Gasteiger partial charge >= 0.3 is 0 Å². The van der Waals surface area contributed by atoms with Crippen LogP contribution in [0.5, 0.6) is 0 Å². The first-order valence-electron chi connectivity index (χ1n) is 6.68. The van der Waals surface area contributed by atoms with E-state index in [4.69, 9.17) is 10.5 Å². The fourth-order valence-electron chi connectivity index (χ4n) is 2.58. The molecule has 0 aromatic carbocycles. The highest BCUT2D eigenvalue weighted by molar-refractivity contribution is 5.23. The number of hydrogen-bond donors (Lipinski definition) is 1. The van der Waals surface area contributed by atoms with Gasteiger partial charge in [0.15, 0.2) is 0 Å². The van der Waals surface area contributed by atoms with Crippen LogP contribution in [0, 0.1) is 5.92 Å². The summed E-state index contributed by atoms with van der Waals surface area (Å²) in [6.45, 7) is 3.81. The molecule has 2 N–H and O–H groups in total. The fourth-order valence-corrected chi connectivity index (χ4v) is 2.58. The maximum Gasteiger partial charge on any atom is 0.145 e. The van der Waals surface area contributed by atoms with E-state index in [0.29, 0.717) is 11.9 Å². The Morgan fingerprint density at radius 2 is 2.41 bits per heavy atom. The van der Waals surface area contributed by atoms with Crippen LogP contribution in [0.1, 0.15) is 39.0 Å². The molecule has 17 heavy (non-hydrogen) atoms. The second-order valence-corrected chi connectivity index (χ2v) is 4.94. The number of hydrogen-bond acceptors (Lipinski definition) is 3. The van der Waals surface area contributed by atoms with E-state index >= 15 is 0 Å². The number of nitrogen functional groups attached to an aromatic ring is 1. The highest BCUT2D eigenvalue weighted by atomic mass is 16.5. The van der Waals surface area contributed by atoms with Crippen LogP contribution in [0.15, 0.2) is 12.3 Å². The summed E-state index contributed by atoms with van der Waals surface area (Å²) in [5, 5.41) is 4.14. The molecule has 1 fully saturated rings. The molecule has 1 aromatic heterocycles. The fraction of sp³-hybridized carbons (Fsp3) is 0.769. The summed E-state index contributed by atoms with van der Waals surface area (Å²) in [4.78, 5) is 0. The van der Waals surface area contributed by atoms with Gasteiger partial charge in [0.25, 0.3) is 0 Å². The second kappa shape index (κ2) is 6.05. The number of nitrogens with zero attached hydrogens (tertiary/aromatic N) is 2. The third-order valence-corrected chi connectivity index (χ3v) is 3.65. The first-order valence-corrected chi connectivity index (χ1v) is 6.68. The van der Waals surface area contributed by atoms with E-state index in [2.05, 4.69) is 12.0 Å². The summed E-state index contributed by atoms with van der Waals surface area (Å²) in [7, 11) is 0. The molecule has 0 radical (unpaired) electrons. The summed E-state index contributed by atoms with van der Waals surface area (Å²) in [6.07, 6.45) is 8.80. The van der Waals surface area contributed by atoms with Gasteiger partial charge in [0, 0.05) is 6.20 Å². The summed E-state index contributed by atoms with van der Waals surface area (Å²) in [5.74, 6) is 1.45. The normalized spacial score (nSPS) is 25.0. The molecular formula is C13H23N3O. The van der Waals surface area contributed by atoms with Gasteiger partial charge in [0.05, 0.1) is 19.3 Å². The van der Waals surface area contributed by atoms with Gasteiger partial charge in [-0.15, -0.1) is 0 Å². The van der Waals surface area contributed by atoms with Gasteiger partial charge in [-0.3, -0.25) is 4.68 Å². The van der Waals surface area contributed by atoms with Gasteiger partial charge in [-0.25, -0.2) is 0 Å². The zero-order valence-corrected chi connectivity index (χ0v) is 10.6. The van der Waals surface area contributed by atoms with E-state index < -0.39 is 0 Å². The molecule has 1 aliphatic rings. The lowest BCUT2D eigenvalue weighted by atomic mass is 9.85. The van der Waals surface area contributed by atoms with Gasteiger partial charge in [-0.2, -0.15) is 5.10 Å². The molecule has 4 nitrogen and oxygen atoms in total. The van der Waals surface area contributed by atoms with Crippen LogP contribution in [0.25, 0.3) is 0 Å². The number of nitrogens with two attached hydrogens (primary N) is 1. The van der Waals surface area contributed by atoms with Crippen molar-refractivity contribution in [3.8, 4) is 0 Å². The highest BCUT2D eigenvalue weighted by Crippen LogP contribution is 2.28. The molecule has 0 bridgehead atoms. The lowest BCUT2D eigenvalue weighted by Gasteiger charge is -2.28. The Labute approximate surface area is 103 Å².